The van der Waals surface area contributed by atoms with Crippen molar-refractivity contribution in [3.8, 4) is 0 Å². The highest BCUT2D eigenvalue weighted by atomic mass is 127. The summed E-state index contributed by atoms with van der Waals surface area (Å²) >= 11 is 14.0. The van der Waals surface area contributed by atoms with Crippen molar-refractivity contribution in [1.29, 1.82) is 0 Å². The molecule has 0 spiro atoms. The van der Waals surface area contributed by atoms with Crippen LogP contribution < -0.4 is 5.32 Å². The molecule has 1 atom stereocenters. The van der Waals surface area contributed by atoms with Gasteiger partial charge in [0.15, 0.2) is 0 Å². The molecular weight excluding hydrogens is 456 g/mol. The summed E-state index contributed by atoms with van der Waals surface area (Å²) in [5.74, 6) is 0. The Morgan fingerprint density at radius 2 is 2.21 bits per heavy atom. The minimum absolute atomic E-state index is 0.379. The zero-order valence-electron chi connectivity index (χ0n) is 10.1. The molecule has 3 rings (SSSR count). The van der Waals surface area contributed by atoms with Crippen LogP contribution in [0.1, 0.15) is 29.3 Å². The maximum Gasteiger partial charge on any atom is 0.0705 e. The molecule has 0 saturated carbocycles. The summed E-state index contributed by atoms with van der Waals surface area (Å²) in [4.78, 5) is 1.50. The first-order valence-corrected chi connectivity index (χ1v) is 9.20. The van der Waals surface area contributed by atoms with Crippen LogP contribution in [0, 0.1) is 3.57 Å². The molecule has 1 aliphatic carbocycles. The standard InChI is InChI=1S/C14H12BrClINS/c15-14-7-9-11(2-1-3-13(9)19-14)18-12-5-4-8(17)6-10(12)16/h4-7,11,18H,1-3H2. The molecule has 0 amide bonds. The second-order valence-electron chi connectivity index (χ2n) is 4.64. The van der Waals surface area contributed by atoms with Crippen LogP contribution in [0.3, 0.4) is 0 Å². The van der Waals surface area contributed by atoms with Crippen molar-refractivity contribution < 1.29 is 0 Å². The molecule has 0 fully saturated rings. The van der Waals surface area contributed by atoms with Gasteiger partial charge in [-0.05, 0) is 87.6 Å². The van der Waals surface area contributed by atoms with E-state index in [1.54, 1.807) is 0 Å². The topological polar surface area (TPSA) is 12.0 Å². The van der Waals surface area contributed by atoms with Gasteiger partial charge in [0.1, 0.15) is 0 Å². The molecule has 2 aromatic rings. The van der Waals surface area contributed by atoms with Gasteiger partial charge in [-0.25, -0.2) is 0 Å². The number of nitrogens with one attached hydrogen (secondary N) is 1. The van der Waals surface area contributed by atoms with E-state index in [1.807, 2.05) is 17.4 Å². The predicted molar refractivity (Wildman–Crippen MR) is 95.5 cm³/mol. The van der Waals surface area contributed by atoms with Gasteiger partial charge in [-0.1, -0.05) is 11.6 Å². The van der Waals surface area contributed by atoms with Gasteiger partial charge in [0.25, 0.3) is 0 Å². The molecule has 1 aliphatic rings. The SMILES string of the molecule is Clc1cc(I)ccc1NC1CCCc2sc(Br)cc21. The average molecular weight is 469 g/mol. The van der Waals surface area contributed by atoms with Crippen molar-refractivity contribution >= 4 is 67.1 Å². The lowest BCUT2D eigenvalue weighted by Crippen LogP contribution is -2.15. The molecule has 1 unspecified atom stereocenters. The fraction of sp³-hybridized carbons (Fsp3) is 0.286. The Bertz CT molecular complexity index is 613. The highest BCUT2D eigenvalue weighted by Crippen LogP contribution is 2.40. The summed E-state index contributed by atoms with van der Waals surface area (Å²) in [6.07, 6.45) is 3.60. The van der Waals surface area contributed by atoms with Crippen LogP contribution in [0.2, 0.25) is 5.02 Å². The fourth-order valence-electron chi connectivity index (χ4n) is 2.47. The van der Waals surface area contributed by atoms with E-state index in [0.717, 1.165) is 14.3 Å². The molecule has 100 valence electrons. The van der Waals surface area contributed by atoms with Gasteiger partial charge in [0.2, 0.25) is 0 Å². The lowest BCUT2D eigenvalue weighted by molar-refractivity contribution is 0.609. The van der Waals surface area contributed by atoms with Gasteiger partial charge >= 0.3 is 0 Å². The van der Waals surface area contributed by atoms with Crippen LogP contribution in [0.25, 0.3) is 0 Å². The Labute approximate surface area is 144 Å². The summed E-state index contributed by atoms with van der Waals surface area (Å²) in [7, 11) is 0. The molecule has 1 aromatic heterocycles. The highest BCUT2D eigenvalue weighted by molar-refractivity contribution is 14.1. The maximum absolute atomic E-state index is 6.31. The third kappa shape index (κ3) is 3.12. The number of rotatable bonds is 2. The van der Waals surface area contributed by atoms with E-state index in [-0.39, 0.29) is 0 Å². The van der Waals surface area contributed by atoms with E-state index in [1.165, 1.54) is 33.5 Å². The summed E-state index contributed by atoms with van der Waals surface area (Å²) in [6.45, 7) is 0. The molecular formula is C14H12BrClINS. The Balaban J connectivity index is 1.88. The molecule has 1 nitrogen and oxygen atoms in total. The van der Waals surface area contributed by atoms with Gasteiger partial charge in [0, 0.05) is 8.45 Å². The number of anilines is 1. The van der Waals surface area contributed by atoms with Crippen molar-refractivity contribution in [3.05, 3.63) is 47.1 Å². The number of benzene rings is 1. The minimum Gasteiger partial charge on any atom is -0.377 e. The van der Waals surface area contributed by atoms with Crippen LogP contribution in [0.15, 0.2) is 28.1 Å². The fourth-order valence-corrected chi connectivity index (χ4v) is 5.20. The summed E-state index contributed by atoms with van der Waals surface area (Å²) < 4.78 is 2.38. The molecule has 5 heteroatoms. The van der Waals surface area contributed by atoms with Gasteiger partial charge in [-0.3, -0.25) is 0 Å². The van der Waals surface area contributed by atoms with Crippen molar-refractivity contribution in [2.24, 2.45) is 0 Å². The van der Waals surface area contributed by atoms with Gasteiger partial charge in [-0.15, -0.1) is 11.3 Å². The lowest BCUT2D eigenvalue weighted by atomic mass is 9.94. The monoisotopic (exact) mass is 467 g/mol. The molecule has 0 bridgehead atoms. The molecule has 0 saturated heterocycles. The van der Waals surface area contributed by atoms with Crippen molar-refractivity contribution in [2.75, 3.05) is 5.32 Å². The van der Waals surface area contributed by atoms with Crippen molar-refractivity contribution in [3.63, 3.8) is 0 Å². The van der Waals surface area contributed by atoms with Crippen LogP contribution in [-0.2, 0) is 6.42 Å². The minimum atomic E-state index is 0.379. The Morgan fingerprint density at radius 3 is 3.00 bits per heavy atom. The van der Waals surface area contributed by atoms with Gasteiger partial charge in [-0.2, -0.15) is 0 Å². The molecule has 19 heavy (non-hydrogen) atoms. The van der Waals surface area contributed by atoms with Crippen LogP contribution in [0.5, 0.6) is 0 Å². The van der Waals surface area contributed by atoms with E-state index in [4.69, 9.17) is 11.6 Å². The zero-order valence-corrected chi connectivity index (χ0v) is 15.4. The molecule has 0 aliphatic heterocycles. The number of hydrogen-bond acceptors (Lipinski definition) is 2. The molecule has 1 heterocycles. The summed E-state index contributed by atoms with van der Waals surface area (Å²) in [5.41, 5.74) is 2.46. The number of thiophene rings is 1. The van der Waals surface area contributed by atoms with E-state index in [2.05, 4.69) is 62.0 Å². The Morgan fingerprint density at radius 1 is 1.37 bits per heavy atom. The first-order chi connectivity index (χ1) is 9.13. The highest BCUT2D eigenvalue weighted by Gasteiger charge is 2.23. The Hall–Kier alpha value is 0.220. The van der Waals surface area contributed by atoms with Crippen molar-refractivity contribution in [2.45, 2.75) is 25.3 Å². The normalized spacial score (nSPS) is 18.2. The third-order valence-electron chi connectivity index (χ3n) is 3.34. The number of halogens is 3. The van der Waals surface area contributed by atoms with Gasteiger partial charge < -0.3 is 5.32 Å². The predicted octanol–water partition coefficient (Wildman–Crippen LogP) is 6.26. The third-order valence-corrected chi connectivity index (χ3v) is 6.04. The second kappa shape index (κ2) is 5.92. The molecule has 1 N–H and O–H groups in total. The van der Waals surface area contributed by atoms with E-state index in [9.17, 15) is 0 Å². The number of fused-ring (bicyclic) bond motifs is 1. The van der Waals surface area contributed by atoms with E-state index in [0.29, 0.717) is 6.04 Å². The van der Waals surface area contributed by atoms with Crippen molar-refractivity contribution in [1.82, 2.24) is 0 Å². The molecule has 0 radical (unpaired) electrons. The lowest BCUT2D eigenvalue weighted by Gasteiger charge is -2.25. The van der Waals surface area contributed by atoms with Crippen LogP contribution in [-0.4, -0.2) is 0 Å². The largest absolute Gasteiger partial charge is 0.377 e. The Kier molecular flexibility index (Phi) is 4.41. The summed E-state index contributed by atoms with van der Waals surface area (Å²) in [5, 5.41) is 4.40. The first-order valence-electron chi connectivity index (χ1n) is 6.13. The summed E-state index contributed by atoms with van der Waals surface area (Å²) in [6, 6.07) is 8.78. The zero-order chi connectivity index (χ0) is 13.4. The maximum atomic E-state index is 6.31. The van der Waals surface area contributed by atoms with E-state index >= 15 is 0 Å². The van der Waals surface area contributed by atoms with Crippen LogP contribution >= 0.6 is 61.5 Å². The van der Waals surface area contributed by atoms with Gasteiger partial charge in [0.05, 0.1) is 20.5 Å². The first kappa shape index (κ1) is 14.2. The van der Waals surface area contributed by atoms with E-state index < -0.39 is 0 Å². The smallest absolute Gasteiger partial charge is 0.0705 e. The number of aryl methyl sites for hydroxylation is 1. The second-order valence-corrected chi connectivity index (χ2v) is 8.81. The molecule has 1 aromatic carbocycles. The van der Waals surface area contributed by atoms with Crippen LogP contribution in [0.4, 0.5) is 5.69 Å². The quantitative estimate of drug-likeness (QED) is 0.513. The number of hydrogen-bond donors (Lipinski definition) is 1. The average Bonchev–Trinajstić information content (AvgIpc) is 2.74.